The molecule has 8 nitrogen and oxygen atoms in total. The first kappa shape index (κ1) is 17.9. The number of rotatable bonds is 6. The third-order valence-electron chi connectivity index (χ3n) is 4.04. The van der Waals surface area contributed by atoms with Crippen molar-refractivity contribution in [3.8, 4) is 17.2 Å². The Morgan fingerprint density at radius 3 is 2.04 bits per heavy atom. The topological polar surface area (TPSA) is 103 Å². The molecule has 0 unspecified atom stereocenters. The summed E-state index contributed by atoms with van der Waals surface area (Å²) in [4.78, 5) is 24.2. The molecule has 24 heavy (non-hydrogen) atoms. The quantitative estimate of drug-likeness (QED) is 0.799. The number of carboxylic acid groups (broad SMARTS) is 1. The fraction of sp³-hybridized carbons (Fsp3) is 0.500. The number of methoxy groups -OCH3 is 3. The van der Waals surface area contributed by atoms with Gasteiger partial charge in [-0.3, -0.25) is 4.79 Å². The first-order valence-corrected chi connectivity index (χ1v) is 7.41. The first-order chi connectivity index (χ1) is 11.5. The number of carbonyl (C=O) groups is 2. The fourth-order valence-electron chi connectivity index (χ4n) is 2.61. The molecule has 0 aliphatic carbocycles. The first-order valence-electron chi connectivity index (χ1n) is 7.41. The average Bonchev–Trinajstić information content (AvgIpc) is 2.60. The molecule has 1 fully saturated rings. The highest BCUT2D eigenvalue weighted by atomic mass is 16.5. The molecule has 1 aliphatic heterocycles. The maximum atomic E-state index is 12.6. The summed E-state index contributed by atoms with van der Waals surface area (Å²) in [5, 5.41) is 12.1. The van der Waals surface area contributed by atoms with Gasteiger partial charge in [0.2, 0.25) is 5.75 Å². The minimum absolute atomic E-state index is 0.207. The lowest BCUT2D eigenvalue weighted by Crippen LogP contribution is -2.57. The van der Waals surface area contributed by atoms with E-state index in [4.69, 9.17) is 18.9 Å². The number of carboxylic acids is 1. The highest BCUT2D eigenvalue weighted by Crippen LogP contribution is 2.38. The van der Waals surface area contributed by atoms with E-state index in [-0.39, 0.29) is 31.6 Å². The number of benzene rings is 1. The number of nitrogens with one attached hydrogen (secondary N) is 1. The van der Waals surface area contributed by atoms with Crippen LogP contribution in [0.2, 0.25) is 0 Å². The van der Waals surface area contributed by atoms with Crippen LogP contribution >= 0.6 is 0 Å². The molecule has 1 amide bonds. The minimum Gasteiger partial charge on any atom is -0.493 e. The lowest BCUT2D eigenvalue weighted by Gasteiger charge is -2.33. The summed E-state index contributed by atoms with van der Waals surface area (Å²) in [7, 11) is 4.34. The van der Waals surface area contributed by atoms with Gasteiger partial charge < -0.3 is 29.4 Å². The number of carbonyl (C=O) groups excluding carboxylic acids is 1. The maximum absolute atomic E-state index is 12.6. The smallest absolute Gasteiger partial charge is 0.329 e. The zero-order valence-electron chi connectivity index (χ0n) is 13.9. The molecule has 1 saturated heterocycles. The Morgan fingerprint density at radius 1 is 1.08 bits per heavy atom. The van der Waals surface area contributed by atoms with E-state index in [0.717, 1.165) is 0 Å². The summed E-state index contributed by atoms with van der Waals surface area (Å²) in [6.07, 6.45) is 0.414. The molecule has 0 aromatic heterocycles. The summed E-state index contributed by atoms with van der Waals surface area (Å²) in [6.45, 7) is 0.559. The van der Waals surface area contributed by atoms with Crippen molar-refractivity contribution in [2.75, 3.05) is 34.5 Å². The second-order valence-corrected chi connectivity index (χ2v) is 5.37. The average molecular weight is 339 g/mol. The zero-order chi connectivity index (χ0) is 17.7. The van der Waals surface area contributed by atoms with Gasteiger partial charge in [0.1, 0.15) is 5.54 Å². The van der Waals surface area contributed by atoms with Gasteiger partial charge in [0.25, 0.3) is 5.91 Å². The molecule has 8 heteroatoms. The van der Waals surface area contributed by atoms with Crippen LogP contribution < -0.4 is 19.5 Å². The van der Waals surface area contributed by atoms with Gasteiger partial charge in [-0.1, -0.05) is 0 Å². The standard InChI is InChI=1S/C16H21NO7/c1-21-11-8-10(9-12(22-2)13(11)23-3)14(18)17-16(15(19)20)4-6-24-7-5-16/h8-9H,4-7H2,1-3H3,(H,17,18)(H,19,20). The molecule has 1 heterocycles. The highest BCUT2D eigenvalue weighted by molar-refractivity contribution is 5.99. The summed E-state index contributed by atoms with van der Waals surface area (Å²) < 4.78 is 20.8. The molecule has 132 valence electrons. The van der Waals surface area contributed by atoms with E-state index in [1.807, 2.05) is 0 Å². The number of ether oxygens (including phenoxy) is 4. The van der Waals surface area contributed by atoms with Crippen molar-refractivity contribution < 1.29 is 33.6 Å². The second-order valence-electron chi connectivity index (χ2n) is 5.37. The SMILES string of the molecule is COc1cc(C(=O)NC2(C(=O)O)CCOCC2)cc(OC)c1OC. The lowest BCUT2D eigenvalue weighted by atomic mass is 9.89. The van der Waals surface area contributed by atoms with Gasteiger partial charge in [0.15, 0.2) is 11.5 Å². The van der Waals surface area contributed by atoms with Crippen molar-refractivity contribution in [1.82, 2.24) is 5.32 Å². The van der Waals surface area contributed by atoms with E-state index in [1.54, 1.807) is 0 Å². The Labute approximate surface area is 139 Å². The van der Waals surface area contributed by atoms with Crippen LogP contribution in [-0.2, 0) is 9.53 Å². The molecule has 0 spiro atoms. The van der Waals surface area contributed by atoms with E-state index in [0.29, 0.717) is 17.2 Å². The number of hydrogen-bond acceptors (Lipinski definition) is 6. The molecule has 0 radical (unpaired) electrons. The maximum Gasteiger partial charge on any atom is 0.329 e. The molecule has 0 atom stereocenters. The van der Waals surface area contributed by atoms with E-state index < -0.39 is 17.4 Å². The summed E-state index contributed by atoms with van der Waals surface area (Å²) >= 11 is 0. The van der Waals surface area contributed by atoms with Gasteiger partial charge in [0, 0.05) is 31.6 Å². The van der Waals surface area contributed by atoms with E-state index in [9.17, 15) is 14.7 Å². The summed E-state index contributed by atoms with van der Waals surface area (Å²) in [5.74, 6) is -0.614. The number of aliphatic carboxylic acids is 1. The molecule has 1 aromatic rings. The summed E-state index contributed by atoms with van der Waals surface area (Å²) in [6, 6.07) is 2.96. The van der Waals surface area contributed by atoms with Gasteiger partial charge in [-0.2, -0.15) is 0 Å². The molecule has 1 aliphatic rings. The molecule has 0 saturated carbocycles. The zero-order valence-corrected chi connectivity index (χ0v) is 13.9. The Hall–Kier alpha value is -2.48. The predicted molar refractivity (Wildman–Crippen MR) is 84.0 cm³/mol. The van der Waals surface area contributed by atoms with Crippen LogP contribution in [-0.4, -0.2) is 57.1 Å². The predicted octanol–water partition coefficient (Wildman–Crippen LogP) is 1.08. The molecular formula is C16H21NO7. The molecule has 2 N–H and O–H groups in total. The van der Waals surface area contributed by atoms with Crippen LogP contribution in [0.15, 0.2) is 12.1 Å². The van der Waals surface area contributed by atoms with Crippen LogP contribution in [0.25, 0.3) is 0 Å². The van der Waals surface area contributed by atoms with E-state index in [1.165, 1.54) is 33.5 Å². The van der Waals surface area contributed by atoms with Crippen molar-refractivity contribution in [2.45, 2.75) is 18.4 Å². The van der Waals surface area contributed by atoms with Gasteiger partial charge >= 0.3 is 5.97 Å². The second kappa shape index (κ2) is 7.39. The normalized spacial score (nSPS) is 16.1. The van der Waals surface area contributed by atoms with Gasteiger partial charge in [-0.05, 0) is 12.1 Å². The van der Waals surface area contributed by atoms with Crippen LogP contribution in [0.1, 0.15) is 23.2 Å². The van der Waals surface area contributed by atoms with Crippen LogP contribution in [0.4, 0.5) is 0 Å². The van der Waals surface area contributed by atoms with Crippen LogP contribution in [0.3, 0.4) is 0 Å². The molecular weight excluding hydrogens is 318 g/mol. The third kappa shape index (κ3) is 3.38. The number of amides is 1. The Balaban J connectivity index is 2.33. The van der Waals surface area contributed by atoms with Gasteiger partial charge in [-0.25, -0.2) is 4.79 Å². The van der Waals surface area contributed by atoms with Crippen LogP contribution in [0.5, 0.6) is 17.2 Å². The van der Waals surface area contributed by atoms with Crippen molar-refractivity contribution in [1.29, 1.82) is 0 Å². The fourth-order valence-corrected chi connectivity index (χ4v) is 2.61. The highest BCUT2D eigenvalue weighted by Gasteiger charge is 2.42. The van der Waals surface area contributed by atoms with Gasteiger partial charge in [0.05, 0.1) is 21.3 Å². The molecule has 0 bridgehead atoms. The van der Waals surface area contributed by atoms with Crippen LogP contribution in [0, 0.1) is 0 Å². The van der Waals surface area contributed by atoms with Gasteiger partial charge in [-0.15, -0.1) is 0 Å². The Morgan fingerprint density at radius 2 is 1.62 bits per heavy atom. The largest absolute Gasteiger partial charge is 0.493 e. The minimum atomic E-state index is -1.34. The van der Waals surface area contributed by atoms with Crippen molar-refractivity contribution >= 4 is 11.9 Å². The van der Waals surface area contributed by atoms with Crippen molar-refractivity contribution in [2.24, 2.45) is 0 Å². The van der Waals surface area contributed by atoms with E-state index >= 15 is 0 Å². The lowest BCUT2D eigenvalue weighted by molar-refractivity contribution is -0.148. The third-order valence-corrected chi connectivity index (χ3v) is 4.04. The Kier molecular flexibility index (Phi) is 5.50. The molecule has 2 rings (SSSR count). The van der Waals surface area contributed by atoms with Crippen molar-refractivity contribution in [3.63, 3.8) is 0 Å². The summed E-state index contributed by atoms with van der Waals surface area (Å²) in [5.41, 5.74) is -1.12. The van der Waals surface area contributed by atoms with Crippen molar-refractivity contribution in [3.05, 3.63) is 17.7 Å². The van der Waals surface area contributed by atoms with E-state index in [2.05, 4.69) is 5.32 Å². The Bertz CT molecular complexity index is 598. The number of hydrogen-bond donors (Lipinski definition) is 2. The molecule has 1 aromatic carbocycles. The monoisotopic (exact) mass is 339 g/mol.